The minimum absolute atomic E-state index is 0.153. The molecule has 12 nitrogen and oxygen atoms in total. The van der Waals surface area contributed by atoms with Crippen LogP contribution in [0.15, 0.2) is 36.8 Å². The molecule has 4 N–H and O–H groups in total. The van der Waals surface area contributed by atoms with E-state index in [9.17, 15) is 9.59 Å². The van der Waals surface area contributed by atoms with Crippen molar-refractivity contribution in [3.8, 4) is 0 Å². The molecule has 13 heteroatoms. The van der Waals surface area contributed by atoms with Gasteiger partial charge in [0.2, 0.25) is 5.95 Å². The second-order valence-electron chi connectivity index (χ2n) is 8.10. The van der Waals surface area contributed by atoms with E-state index in [-0.39, 0.29) is 17.5 Å². The Labute approximate surface area is 199 Å². The first kappa shape index (κ1) is 21.9. The number of anilines is 3. The summed E-state index contributed by atoms with van der Waals surface area (Å²) in [7, 11) is 0. The molecule has 0 bridgehead atoms. The van der Waals surface area contributed by atoms with Crippen molar-refractivity contribution in [3.63, 3.8) is 0 Å². The number of hydrogen-bond acceptors (Lipinski definition) is 8. The highest BCUT2D eigenvalue weighted by atomic mass is 35.5. The zero-order valence-corrected chi connectivity index (χ0v) is 18.9. The van der Waals surface area contributed by atoms with Gasteiger partial charge >= 0.3 is 0 Å². The maximum absolute atomic E-state index is 13.0. The molecular formula is C21H23ClN10O2. The van der Waals surface area contributed by atoms with Crippen LogP contribution in [0.1, 0.15) is 36.2 Å². The number of aromatic nitrogens is 7. The summed E-state index contributed by atoms with van der Waals surface area (Å²) < 4.78 is 3.44. The van der Waals surface area contributed by atoms with E-state index < -0.39 is 5.91 Å². The number of aryl methyl sites for hydroxylation is 1. The SMILES string of the molecule is NC(=O)c1cc(Nc2nc(N3CCC[C@H]3C(=O)CCCn3cc(Cl)cn3)nn3cccc23)n[nH]1. The highest BCUT2D eigenvalue weighted by Gasteiger charge is 2.32. The number of fused-ring (bicyclic) bond motifs is 1. The van der Waals surface area contributed by atoms with E-state index in [1.807, 2.05) is 23.2 Å². The Hall–Kier alpha value is -3.93. The van der Waals surface area contributed by atoms with Crippen molar-refractivity contribution in [3.05, 3.63) is 47.5 Å². The molecule has 0 unspecified atom stereocenters. The molecule has 5 heterocycles. The molecule has 1 amide bonds. The number of nitrogens with zero attached hydrogens (tertiary/aromatic N) is 7. The topological polar surface area (TPSA) is 152 Å². The summed E-state index contributed by atoms with van der Waals surface area (Å²) in [4.78, 5) is 31.1. The summed E-state index contributed by atoms with van der Waals surface area (Å²) in [6.45, 7) is 1.31. The van der Waals surface area contributed by atoms with Gasteiger partial charge in [-0.25, -0.2) is 4.52 Å². The van der Waals surface area contributed by atoms with Gasteiger partial charge in [0.25, 0.3) is 5.91 Å². The fraction of sp³-hybridized carbons (Fsp3) is 0.333. The zero-order chi connectivity index (χ0) is 23.7. The van der Waals surface area contributed by atoms with E-state index in [2.05, 4.69) is 25.7 Å². The van der Waals surface area contributed by atoms with Crippen molar-refractivity contribution in [1.29, 1.82) is 0 Å². The molecular weight excluding hydrogens is 460 g/mol. The van der Waals surface area contributed by atoms with Gasteiger partial charge in [-0.2, -0.15) is 15.2 Å². The van der Waals surface area contributed by atoms with Crippen LogP contribution >= 0.6 is 11.6 Å². The molecule has 0 saturated carbocycles. The van der Waals surface area contributed by atoms with Crippen LogP contribution in [0.25, 0.3) is 5.52 Å². The number of hydrogen-bond donors (Lipinski definition) is 3. The van der Waals surface area contributed by atoms with Crippen molar-refractivity contribution in [2.45, 2.75) is 38.3 Å². The summed E-state index contributed by atoms with van der Waals surface area (Å²) >= 11 is 5.90. The summed E-state index contributed by atoms with van der Waals surface area (Å²) in [5.74, 6) is 0.901. The lowest BCUT2D eigenvalue weighted by molar-refractivity contribution is -0.120. The minimum Gasteiger partial charge on any atom is -0.364 e. The largest absolute Gasteiger partial charge is 0.364 e. The Morgan fingerprint density at radius 3 is 3.00 bits per heavy atom. The molecule has 176 valence electrons. The van der Waals surface area contributed by atoms with E-state index in [4.69, 9.17) is 22.3 Å². The number of nitrogens with two attached hydrogens (primary N) is 1. The maximum atomic E-state index is 13.0. The van der Waals surface area contributed by atoms with Gasteiger partial charge in [-0.05, 0) is 31.4 Å². The predicted octanol–water partition coefficient (Wildman–Crippen LogP) is 2.16. The molecule has 5 rings (SSSR count). The van der Waals surface area contributed by atoms with Gasteiger partial charge < -0.3 is 16.0 Å². The lowest BCUT2D eigenvalue weighted by Crippen LogP contribution is -2.37. The predicted molar refractivity (Wildman–Crippen MR) is 125 cm³/mol. The number of rotatable bonds is 9. The Balaban J connectivity index is 1.33. The first-order valence-corrected chi connectivity index (χ1v) is 11.3. The summed E-state index contributed by atoms with van der Waals surface area (Å²) in [5, 5.41) is 19.1. The lowest BCUT2D eigenvalue weighted by Gasteiger charge is -2.24. The third-order valence-corrected chi connectivity index (χ3v) is 5.96. The number of H-pyrrole nitrogens is 1. The van der Waals surface area contributed by atoms with Crippen molar-refractivity contribution in [2.24, 2.45) is 5.73 Å². The van der Waals surface area contributed by atoms with E-state index in [0.29, 0.717) is 48.5 Å². The summed E-state index contributed by atoms with van der Waals surface area (Å²) in [5.41, 5.74) is 6.21. The zero-order valence-electron chi connectivity index (χ0n) is 18.2. The monoisotopic (exact) mass is 482 g/mol. The van der Waals surface area contributed by atoms with Gasteiger partial charge in [-0.3, -0.25) is 19.4 Å². The molecule has 1 fully saturated rings. The Kier molecular flexibility index (Phi) is 5.88. The van der Waals surface area contributed by atoms with Crippen LogP contribution in [0.5, 0.6) is 0 Å². The molecule has 34 heavy (non-hydrogen) atoms. The lowest BCUT2D eigenvalue weighted by atomic mass is 10.1. The Bertz CT molecular complexity index is 1340. The average molecular weight is 483 g/mol. The molecule has 1 aliphatic heterocycles. The number of amides is 1. The minimum atomic E-state index is -0.606. The first-order valence-electron chi connectivity index (χ1n) is 10.9. The van der Waals surface area contributed by atoms with E-state index in [1.165, 1.54) is 6.07 Å². The van der Waals surface area contributed by atoms with Gasteiger partial charge in [0.1, 0.15) is 11.2 Å². The molecule has 1 saturated heterocycles. The Morgan fingerprint density at radius 2 is 2.24 bits per heavy atom. The number of primary amides is 1. The average Bonchev–Trinajstić information content (AvgIpc) is 3.60. The van der Waals surface area contributed by atoms with Crippen LogP contribution < -0.4 is 16.0 Å². The smallest absolute Gasteiger partial charge is 0.266 e. The second kappa shape index (κ2) is 9.14. The number of carbonyl (C=O) groups is 2. The molecule has 4 aromatic rings. The molecule has 0 aromatic carbocycles. The van der Waals surface area contributed by atoms with Gasteiger partial charge in [0.15, 0.2) is 17.4 Å². The Morgan fingerprint density at radius 1 is 1.35 bits per heavy atom. The molecule has 0 aliphatic carbocycles. The fourth-order valence-corrected chi connectivity index (χ4v) is 4.31. The van der Waals surface area contributed by atoms with Crippen LogP contribution in [-0.2, 0) is 11.3 Å². The van der Waals surface area contributed by atoms with Crippen LogP contribution in [0.3, 0.4) is 0 Å². The first-order chi connectivity index (χ1) is 16.5. The van der Waals surface area contributed by atoms with Gasteiger partial charge in [0, 0.05) is 38.0 Å². The number of halogens is 1. The van der Waals surface area contributed by atoms with E-state index in [0.717, 1.165) is 18.4 Å². The van der Waals surface area contributed by atoms with Crippen LogP contribution in [-0.4, -0.2) is 58.9 Å². The normalized spacial score (nSPS) is 15.8. The van der Waals surface area contributed by atoms with Crippen molar-refractivity contribution >= 4 is 46.4 Å². The molecule has 4 aromatic heterocycles. The van der Waals surface area contributed by atoms with Crippen LogP contribution in [0.2, 0.25) is 5.02 Å². The number of nitrogens with one attached hydrogen (secondary N) is 2. The number of Topliss-reactive ketones (excluding diaryl/α,β-unsaturated/α-hetero) is 1. The maximum Gasteiger partial charge on any atom is 0.266 e. The van der Waals surface area contributed by atoms with Crippen molar-refractivity contribution in [1.82, 2.24) is 34.6 Å². The summed E-state index contributed by atoms with van der Waals surface area (Å²) in [6, 6.07) is 4.95. The standard InChI is InChI=1S/C21H23ClN10O2/c22-13-11-24-30(12-13)7-3-6-17(33)15-4-1-8-31(15)21-26-20(16-5-2-9-32(16)29-21)25-18-10-14(19(23)34)27-28-18/h2,5,9-12,15H,1,3-4,6-8H2,(H2,23,34)(H2,25,26,27,28,29)/t15-/m0/s1. The molecule has 1 atom stereocenters. The van der Waals surface area contributed by atoms with Gasteiger partial charge in [0.05, 0.1) is 17.3 Å². The molecule has 1 aliphatic rings. The second-order valence-corrected chi connectivity index (χ2v) is 8.53. The third-order valence-electron chi connectivity index (χ3n) is 5.76. The van der Waals surface area contributed by atoms with Crippen LogP contribution in [0.4, 0.5) is 17.6 Å². The highest BCUT2D eigenvalue weighted by Crippen LogP contribution is 2.28. The van der Waals surface area contributed by atoms with Crippen molar-refractivity contribution < 1.29 is 9.59 Å². The van der Waals surface area contributed by atoms with Gasteiger partial charge in [-0.1, -0.05) is 11.6 Å². The van der Waals surface area contributed by atoms with Crippen LogP contribution in [0, 0.1) is 0 Å². The van der Waals surface area contributed by atoms with E-state index in [1.54, 1.807) is 21.6 Å². The van der Waals surface area contributed by atoms with E-state index >= 15 is 0 Å². The summed E-state index contributed by atoms with van der Waals surface area (Å²) in [6.07, 6.45) is 7.87. The molecule has 0 spiro atoms. The number of ketones is 1. The van der Waals surface area contributed by atoms with Gasteiger partial charge in [-0.15, -0.1) is 5.10 Å². The highest BCUT2D eigenvalue weighted by molar-refractivity contribution is 6.30. The quantitative estimate of drug-likeness (QED) is 0.328. The number of carbonyl (C=O) groups excluding carboxylic acids is 2. The number of aromatic amines is 1. The molecule has 0 radical (unpaired) electrons. The van der Waals surface area contributed by atoms with Crippen molar-refractivity contribution in [2.75, 3.05) is 16.8 Å². The fourth-order valence-electron chi connectivity index (χ4n) is 4.15. The third kappa shape index (κ3) is 4.44.